The molecule has 11 heteroatoms. The maximum atomic E-state index is 14.3. The van der Waals surface area contributed by atoms with Gasteiger partial charge in [-0.15, -0.1) is 0 Å². The molecule has 0 N–H and O–H groups in total. The monoisotopic (exact) mass is 594 g/mol. The van der Waals surface area contributed by atoms with E-state index >= 15 is 0 Å². The molecule has 5 nitrogen and oxygen atoms in total. The van der Waals surface area contributed by atoms with E-state index in [0.29, 0.717) is 28.1 Å². The highest BCUT2D eigenvalue weighted by Gasteiger charge is 2.37. The molecule has 0 aliphatic carbocycles. The van der Waals surface area contributed by atoms with Crippen molar-refractivity contribution in [3.8, 4) is 11.5 Å². The third kappa shape index (κ3) is 5.15. The second-order valence-electron chi connectivity index (χ2n) is 8.32. The number of hydrogen-bond acceptors (Lipinski definition) is 4. The summed E-state index contributed by atoms with van der Waals surface area (Å²) in [4.78, 5) is 13.0. The number of nitrogens with zero attached hydrogens (tertiary/aromatic N) is 2. The molecule has 3 aromatic carbocycles. The molecule has 0 aromatic heterocycles. The van der Waals surface area contributed by atoms with Crippen LogP contribution < -0.4 is 14.5 Å². The lowest BCUT2D eigenvalue weighted by atomic mass is 10.1. The molecule has 3 aromatic rings. The second-order valence-corrected chi connectivity index (χ2v) is 9.17. The second kappa shape index (κ2) is 10.9. The summed E-state index contributed by atoms with van der Waals surface area (Å²) in [7, 11) is 0. The van der Waals surface area contributed by atoms with Crippen LogP contribution in [0, 0.1) is 36.0 Å². The van der Waals surface area contributed by atoms with Gasteiger partial charge < -0.3 is 9.47 Å². The molecule has 0 unspecified atom stereocenters. The Morgan fingerprint density at radius 1 is 0.947 bits per heavy atom. The van der Waals surface area contributed by atoms with Crippen LogP contribution in [0.3, 0.4) is 0 Å². The zero-order chi connectivity index (χ0) is 27.7. The van der Waals surface area contributed by atoms with Crippen LogP contribution in [-0.2, 0) is 11.4 Å². The Kier molecular flexibility index (Phi) is 7.86. The summed E-state index contributed by atoms with van der Waals surface area (Å²) in [6.45, 7) is 5.69. The number of carbonyl (C=O) groups is 1. The van der Waals surface area contributed by atoms with Gasteiger partial charge in [-0.1, -0.05) is 29.8 Å². The smallest absolute Gasteiger partial charge is 0.280 e. The lowest BCUT2D eigenvalue weighted by molar-refractivity contribution is -0.114. The van der Waals surface area contributed by atoms with Gasteiger partial charge in [0.2, 0.25) is 5.82 Å². The number of halogens is 6. The van der Waals surface area contributed by atoms with Crippen molar-refractivity contribution >= 4 is 39.3 Å². The maximum Gasteiger partial charge on any atom is 0.280 e. The summed E-state index contributed by atoms with van der Waals surface area (Å²) in [6, 6.07) is 11.0. The molecule has 1 aliphatic rings. The minimum atomic E-state index is -2.33. The predicted octanol–water partition coefficient (Wildman–Crippen LogP) is 7.24. The summed E-state index contributed by atoms with van der Waals surface area (Å²) in [6.07, 6.45) is 1.37. The van der Waals surface area contributed by atoms with Gasteiger partial charge in [0.25, 0.3) is 5.91 Å². The number of anilines is 1. The van der Waals surface area contributed by atoms with Crippen molar-refractivity contribution < 1.29 is 36.2 Å². The van der Waals surface area contributed by atoms with E-state index in [1.165, 1.54) is 13.0 Å². The number of carbonyl (C=O) groups excluding carboxylic acids is 1. The Hall–Kier alpha value is -3.73. The van der Waals surface area contributed by atoms with Gasteiger partial charge in [0.1, 0.15) is 12.3 Å². The SMILES string of the molecule is CCOc1cc(/C=C2/C(=O)N(c3c(F)c(F)c(F)c(F)c3F)N=C2C)cc(Br)c1OCc1cccc(C)c1. The van der Waals surface area contributed by atoms with Crippen molar-refractivity contribution in [2.24, 2.45) is 5.10 Å². The number of hydrogen-bond donors (Lipinski definition) is 0. The van der Waals surface area contributed by atoms with Crippen molar-refractivity contribution in [2.45, 2.75) is 27.4 Å². The van der Waals surface area contributed by atoms with Gasteiger partial charge in [-0.25, -0.2) is 22.0 Å². The standard InChI is InChI=1S/C27H20BrF5N2O3/c1-4-37-19-11-16(10-18(28)26(19)38-12-15-7-5-6-13(2)8-15)9-17-14(3)34-35(27(17)36)25-23(32)21(30)20(29)22(31)24(25)33/h5-11H,4,12H2,1-3H3/b17-9+. The minimum Gasteiger partial charge on any atom is -0.490 e. The molecule has 0 radical (unpaired) electrons. The van der Waals surface area contributed by atoms with E-state index in [1.54, 1.807) is 19.1 Å². The van der Waals surface area contributed by atoms with Crippen molar-refractivity contribution in [3.63, 3.8) is 0 Å². The molecule has 0 spiro atoms. The van der Waals surface area contributed by atoms with Gasteiger partial charge in [0.05, 0.1) is 22.4 Å². The van der Waals surface area contributed by atoms with E-state index in [-0.39, 0.29) is 22.9 Å². The molecule has 1 aliphatic heterocycles. The number of amides is 1. The van der Waals surface area contributed by atoms with Crippen LogP contribution in [0.25, 0.3) is 6.08 Å². The van der Waals surface area contributed by atoms with Crippen molar-refractivity contribution in [2.75, 3.05) is 11.6 Å². The van der Waals surface area contributed by atoms with E-state index in [4.69, 9.17) is 9.47 Å². The molecule has 0 fully saturated rings. The summed E-state index contributed by atoms with van der Waals surface area (Å²) < 4.78 is 81.7. The first-order chi connectivity index (χ1) is 18.0. The van der Waals surface area contributed by atoms with Crippen LogP contribution in [-0.4, -0.2) is 18.2 Å². The van der Waals surface area contributed by atoms with Crippen LogP contribution in [0.5, 0.6) is 11.5 Å². The number of ether oxygens (including phenoxy) is 2. The average Bonchev–Trinajstić information content (AvgIpc) is 3.14. The van der Waals surface area contributed by atoms with E-state index in [9.17, 15) is 26.7 Å². The lowest BCUT2D eigenvalue weighted by Gasteiger charge is -2.16. The highest BCUT2D eigenvalue weighted by atomic mass is 79.9. The summed E-state index contributed by atoms with van der Waals surface area (Å²) in [5, 5.41) is 3.91. The number of benzene rings is 3. The Balaban J connectivity index is 1.68. The first kappa shape index (κ1) is 27.3. The molecule has 4 rings (SSSR count). The van der Waals surface area contributed by atoms with Crippen molar-refractivity contribution in [1.82, 2.24) is 0 Å². The van der Waals surface area contributed by atoms with Gasteiger partial charge in [-0.3, -0.25) is 4.79 Å². The Bertz CT molecular complexity index is 1480. The average molecular weight is 595 g/mol. The van der Waals surface area contributed by atoms with Crippen LogP contribution >= 0.6 is 15.9 Å². The Labute approximate surface area is 223 Å². The molecule has 0 saturated carbocycles. The first-order valence-corrected chi connectivity index (χ1v) is 12.1. The van der Waals surface area contributed by atoms with Gasteiger partial charge in [-0.05, 0) is 66.0 Å². The van der Waals surface area contributed by atoms with E-state index in [1.807, 2.05) is 31.2 Å². The summed E-state index contributed by atoms with van der Waals surface area (Å²) in [5.41, 5.74) is 0.896. The number of rotatable bonds is 7. The molecular weight excluding hydrogens is 575 g/mol. The fourth-order valence-corrected chi connectivity index (χ4v) is 4.39. The van der Waals surface area contributed by atoms with Gasteiger partial charge >= 0.3 is 0 Å². The lowest BCUT2D eigenvalue weighted by Crippen LogP contribution is -2.25. The van der Waals surface area contributed by atoms with E-state index in [2.05, 4.69) is 21.0 Å². The van der Waals surface area contributed by atoms with Crippen molar-refractivity contribution in [3.05, 3.63) is 92.2 Å². The molecule has 198 valence electrons. The topological polar surface area (TPSA) is 51.1 Å². The maximum absolute atomic E-state index is 14.3. The Morgan fingerprint density at radius 2 is 1.61 bits per heavy atom. The molecule has 0 bridgehead atoms. The van der Waals surface area contributed by atoms with Gasteiger partial charge in [0, 0.05) is 0 Å². The third-order valence-corrected chi connectivity index (χ3v) is 6.16. The number of hydrazone groups is 1. The minimum absolute atomic E-state index is 0.00722. The summed E-state index contributed by atoms with van der Waals surface area (Å²) in [5.74, 6) is -11.3. The molecule has 38 heavy (non-hydrogen) atoms. The highest BCUT2D eigenvalue weighted by molar-refractivity contribution is 9.10. The summed E-state index contributed by atoms with van der Waals surface area (Å²) >= 11 is 3.45. The zero-order valence-corrected chi connectivity index (χ0v) is 21.9. The third-order valence-electron chi connectivity index (χ3n) is 5.57. The quantitative estimate of drug-likeness (QED) is 0.125. The van der Waals surface area contributed by atoms with E-state index in [0.717, 1.165) is 11.1 Å². The fourth-order valence-electron chi connectivity index (χ4n) is 3.81. The van der Waals surface area contributed by atoms with Gasteiger partial charge in [-0.2, -0.15) is 10.1 Å². The van der Waals surface area contributed by atoms with Crippen LogP contribution in [0.4, 0.5) is 27.6 Å². The fraction of sp³-hybridized carbons (Fsp3) is 0.185. The van der Waals surface area contributed by atoms with Crippen molar-refractivity contribution in [1.29, 1.82) is 0 Å². The highest BCUT2D eigenvalue weighted by Crippen LogP contribution is 2.39. The predicted molar refractivity (Wildman–Crippen MR) is 136 cm³/mol. The van der Waals surface area contributed by atoms with Crippen LogP contribution in [0.2, 0.25) is 0 Å². The Morgan fingerprint density at radius 3 is 2.24 bits per heavy atom. The van der Waals surface area contributed by atoms with Crippen LogP contribution in [0.15, 0.2) is 51.5 Å². The molecule has 0 saturated heterocycles. The van der Waals surface area contributed by atoms with E-state index < -0.39 is 40.7 Å². The molecule has 1 amide bonds. The molecule has 1 heterocycles. The zero-order valence-electron chi connectivity index (χ0n) is 20.3. The normalized spacial score (nSPS) is 14.3. The molecule has 0 atom stereocenters. The number of aryl methyl sites for hydroxylation is 1. The molecular formula is C27H20BrF5N2O3. The van der Waals surface area contributed by atoms with Crippen LogP contribution in [0.1, 0.15) is 30.5 Å². The first-order valence-electron chi connectivity index (χ1n) is 11.3. The largest absolute Gasteiger partial charge is 0.490 e. The van der Waals surface area contributed by atoms with Gasteiger partial charge in [0.15, 0.2) is 34.8 Å².